The first-order chi connectivity index (χ1) is 11.9. The molecule has 0 aromatic heterocycles. The van der Waals surface area contributed by atoms with Crippen LogP contribution in [0.1, 0.15) is 85.5 Å². The number of ether oxygens (including phenoxy) is 1. The summed E-state index contributed by atoms with van der Waals surface area (Å²) in [6, 6.07) is 0. The second-order valence-corrected chi connectivity index (χ2v) is 11.3. The summed E-state index contributed by atoms with van der Waals surface area (Å²) in [4.78, 5) is 0. The largest absolute Gasteiger partial charge is 0.381 e. The first-order valence-corrected chi connectivity index (χ1v) is 11.4. The molecule has 0 saturated heterocycles. The monoisotopic (exact) mass is 344 g/mol. The Morgan fingerprint density at radius 3 is 2.52 bits per heavy atom. The van der Waals surface area contributed by atoms with Crippen molar-refractivity contribution in [1.29, 1.82) is 0 Å². The SMILES string of the molecule is CC[C@@H](C)C1CCC2C3C[C@@H](OC)[C@]45C[C@H]4CC[C@]5(C)C3CC[C@@]21C. The molecule has 0 bridgehead atoms. The lowest BCUT2D eigenvalue weighted by atomic mass is 9.45. The summed E-state index contributed by atoms with van der Waals surface area (Å²) in [6.45, 7) is 10.3. The third-order valence-electron chi connectivity index (χ3n) is 11.2. The molecule has 0 radical (unpaired) electrons. The van der Waals surface area contributed by atoms with Crippen LogP contribution < -0.4 is 0 Å². The van der Waals surface area contributed by atoms with Crippen LogP contribution in [0.2, 0.25) is 0 Å². The molecule has 1 nitrogen and oxygen atoms in total. The van der Waals surface area contributed by atoms with Gasteiger partial charge in [-0.2, -0.15) is 0 Å². The van der Waals surface area contributed by atoms with Gasteiger partial charge in [0.2, 0.25) is 0 Å². The van der Waals surface area contributed by atoms with E-state index in [0.29, 0.717) is 22.3 Å². The van der Waals surface area contributed by atoms with Crippen LogP contribution in [0.4, 0.5) is 0 Å². The Hall–Kier alpha value is -0.0400. The normalized spacial score (nSPS) is 60.4. The molecule has 10 atom stereocenters. The van der Waals surface area contributed by atoms with Crippen LogP contribution in [0.3, 0.4) is 0 Å². The zero-order valence-corrected chi connectivity index (χ0v) is 17.3. The fraction of sp³-hybridized carbons (Fsp3) is 1.00. The molecule has 4 unspecified atom stereocenters. The van der Waals surface area contributed by atoms with Crippen molar-refractivity contribution in [2.45, 2.75) is 91.6 Å². The maximum Gasteiger partial charge on any atom is 0.0638 e. The fourth-order valence-corrected chi connectivity index (χ4v) is 9.84. The van der Waals surface area contributed by atoms with Gasteiger partial charge in [-0.05, 0) is 97.7 Å². The summed E-state index contributed by atoms with van der Waals surface area (Å²) >= 11 is 0. The molecule has 142 valence electrons. The highest BCUT2D eigenvalue weighted by atomic mass is 16.5. The van der Waals surface area contributed by atoms with Crippen LogP contribution in [-0.2, 0) is 4.74 Å². The standard InChI is InChI=1S/C24H40O/c1-6-15(2)18-7-8-19-17-13-21(25-5)24-14-16(24)9-12-23(24,4)20(17)10-11-22(18,19)3/h15-21H,6-14H2,1-5H3/t15-,16-,17?,18?,19?,20?,21-,22-,23-,24+/m1/s1. The van der Waals surface area contributed by atoms with E-state index in [1.165, 1.54) is 57.8 Å². The van der Waals surface area contributed by atoms with E-state index in [0.717, 1.165) is 35.5 Å². The van der Waals surface area contributed by atoms with E-state index in [1.807, 2.05) is 7.11 Å². The number of fused-ring (bicyclic) bond motifs is 4. The van der Waals surface area contributed by atoms with Gasteiger partial charge >= 0.3 is 0 Å². The van der Waals surface area contributed by atoms with Gasteiger partial charge in [-0.3, -0.25) is 0 Å². The number of hydrogen-bond acceptors (Lipinski definition) is 1. The molecule has 5 rings (SSSR count). The molecule has 5 fully saturated rings. The maximum absolute atomic E-state index is 6.24. The molecule has 0 aliphatic heterocycles. The number of methoxy groups -OCH3 is 1. The van der Waals surface area contributed by atoms with Gasteiger partial charge in [-0.25, -0.2) is 0 Å². The Labute approximate surface area is 155 Å². The van der Waals surface area contributed by atoms with Crippen LogP contribution in [0.25, 0.3) is 0 Å². The van der Waals surface area contributed by atoms with E-state index in [2.05, 4.69) is 27.7 Å². The molecular formula is C24H40O. The molecular weight excluding hydrogens is 304 g/mol. The highest BCUT2D eigenvalue weighted by Crippen LogP contribution is 2.82. The van der Waals surface area contributed by atoms with E-state index in [4.69, 9.17) is 4.74 Å². The Kier molecular flexibility index (Phi) is 3.60. The van der Waals surface area contributed by atoms with Crippen LogP contribution in [0.5, 0.6) is 0 Å². The Morgan fingerprint density at radius 2 is 1.84 bits per heavy atom. The van der Waals surface area contributed by atoms with Gasteiger partial charge in [0.15, 0.2) is 0 Å². The molecule has 1 heteroatoms. The average Bonchev–Trinajstić information content (AvgIpc) is 3.12. The van der Waals surface area contributed by atoms with E-state index >= 15 is 0 Å². The Morgan fingerprint density at radius 1 is 1.04 bits per heavy atom. The van der Waals surface area contributed by atoms with Crippen LogP contribution >= 0.6 is 0 Å². The van der Waals surface area contributed by atoms with Crippen molar-refractivity contribution < 1.29 is 4.74 Å². The fourth-order valence-electron chi connectivity index (χ4n) is 9.84. The van der Waals surface area contributed by atoms with Gasteiger partial charge in [0.05, 0.1) is 6.10 Å². The number of rotatable bonds is 3. The minimum Gasteiger partial charge on any atom is -0.381 e. The third kappa shape index (κ3) is 1.85. The van der Waals surface area contributed by atoms with Crippen molar-refractivity contribution in [2.24, 2.45) is 51.8 Å². The van der Waals surface area contributed by atoms with Gasteiger partial charge in [-0.1, -0.05) is 34.1 Å². The topological polar surface area (TPSA) is 9.23 Å². The van der Waals surface area contributed by atoms with Crippen molar-refractivity contribution in [1.82, 2.24) is 0 Å². The Bertz CT molecular complexity index is 556. The van der Waals surface area contributed by atoms with Crippen LogP contribution in [0.15, 0.2) is 0 Å². The first-order valence-electron chi connectivity index (χ1n) is 11.4. The quantitative estimate of drug-likeness (QED) is 0.582. The predicted octanol–water partition coefficient (Wildman–Crippen LogP) is 6.32. The average molecular weight is 345 g/mol. The molecule has 5 saturated carbocycles. The van der Waals surface area contributed by atoms with Gasteiger partial charge in [0.1, 0.15) is 0 Å². The summed E-state index contributed by atoms with van der Waals surface area (Å²) in [7, 11) is 2.02. The minimum absolute atomic E-state index is 0.566. The lowest BCUT2D eigenvalue weighted by Gasteiger charge is -2.61. The van der Waals surface area contributed by atoms with Crippen molar-refractivity contribution in [3.8, 4) is 0 Å². The smallest absolute Gasteiger partial charge is 0.0638 e. The molecule has 0 heterocycles. The molecule has 1 spiro atoms. The second kappa shape index (κ2) is 5.27. The van der Waals surface area contributed by atoms with Gasteiger partial charge in [0.25, 0.3) is 0 Å². The third-order valence-corrected chi connectivity index (χ3v) is 11.2. The molecule has 5 aliphatic rings. The van der Waals surface area contributed by atoms with Gasteiger partial charge < -0.3 is 4.74 Å². The van der Waals surface area contributed by atoms with Crippen molar-refractivity contribution in [2.75, 3.05) is 7.11 Å². The zero-order chi connectivity index (χ0) is 17.6. The van der Waals surface area contributed by atoms with E-state index < -0.39 is 0 Å². The van der Waals surface area contributed by atoms with Crippen molar-refractivity contribution in [3.63, 3.8) is 0 Å². The molecule has 0 N–H and O–H groups in total. The second-order valence-electron chi connectivity index (χ2n) is 11.3. The summed E-state index contributed by atoms with van der Waals surface area (Å²) in [6.07, 6.45) is 13.9. The first kappa shape index (κ1) is 17.1. The predicted molar refractivity (Wildman–Crippen MR) is 103 cm³/mol. The lowest BCUT2D eigenvalue weighted by molar-refractivity contribution is -0.161. The van der Waals surface area contributed by atoms with Crippen molar-refractivity contribution >= 4 is 0 Å². The highest BCUT2D eigenvalue weighted by molar-refractivity contribution is 5.26. The Balaban J connectivity index is 1.49. The summed E-state index contributed by atoms with van der Waals surface area (Å²) < 4.78 is 6.24. The molecule has 25 heavy (non-hydrogen) atoms. The van der Waals surface area contributed by atoms with E-state index in [1.54, 1.807) is 0 Å². The summed E-state index contributed by atoms with van der Waals surface area (Å²) in [5, 5.41) is 0. The lowest BCUT2D eigenvalue weighted by Crippen LogP contribution is -2.57. The molecule has 0 aromatic carbocycles. The molecule has 5 aliphatic carbocycles. The summed E-state index contributed by atoms with van der Waals surface area (Å²) in [5.41, 5.74) is 1.81. The minimum atomic E-state index is 0.566. The number of hydrogen-bond donors (Lipinski definition) is 0. The summed E-state index contributed by atoms with van der Waals surface area (Å²) in [5.74, 6) is 5.83. The van der Waals surface area contributed by atoms with Crippen LogP contribution in [0, 0.1) is 51.8 Å². The molecule has 0 aromatic rings. The zero-order valence-electron chi connectivity index (χ0n) is 17.3. The van der Waals surface area contributed by atoms with Gasteiger partial charge in [0, 0.05) is 12.5 Å². The van der Waals surface area contributed by atoms with Crippen LogP contribution in [-0.4, -0.2) is 13.2 Å². The van der Waals surface area contributed by atoms with E-state index in [-0.39, 0.29) is 0 Å². The van der Waals surface area contributed by atoms with E-state index in [9.17, 15) is 0 Å². The highest BCUT2D eigenvalue weighted by Gasteiger charge is 2.77. The maximum atomic E-state index is 6.24. The van der Waals surface area contributed by atoms with Crippen molar-refractivity contribution in [3.05, 3.63) is 0 Å². The molecule has 0 amide bonds. The van der Waals surface area contributed by atoms with Gasteiger partial charge in [-0.15, -0.1) is 0 Å².